The minimum Gasteiger partial charge on any atom is -0.320 e. The largest absolute Gasteiger partial charge is 0.320 e. The van der Waals surface area contributed by atoms with Gasteiger partial charge in [0.25, 0.3) is 0 Å². The molecule has 2 rings (SSSR count). The number of unbranched alkanes of at least 4 members (excludes halogenated alkanes) is 1. The second-order valence-electron chi connectivity index (χ2n) is 5.53. The summed E-state index contributed by atoms with van der Waals surface area (Å²) in [6, 6.07) is 10.6. The van der Waals surface area contributed by atoms with Crippen molar-refractivity contribution in [1.29, 1.82) is 0 Å². The maximum absolute atomic E-state index is 5.99. The van der Waals surface area contributed by atoms with E-state index in [9.17, 15) is 0 Å². The van der Waals surface area contributed by atoms with Crippen molar-refractivity contribution < 1.29 is 0 Å². The van der Waals surface area contributed by atoms with Gasteiger partial charge >= 0.3 is 0 Å². The molecule has 102 valence electrons. The van der Waals surface area contributed by atoms with Crippen LogP contribution >= 0.6 is 0 Å². The van der Waals surface area contributed by atoms with Crippen molar-refractivity contribution in [2.24, 2.45) is 5.73 Å². The van der Waals surface area contributed by atoms with Crippen LogP contribution in [0.4, 0.5) is 0 Å². The number of hydrogen-bond donors (Lipinski definition) is 1. The van der Waals surface area contributed by atoms with Gasteiger partial charge in [-0.1, -0.05) is 35.5 Å². The van der Waals surface area contributed by atoms with Crippen LogP contribution in [-0.4, -0.2) is 15.0 Å². The maximum atomic E-state index is 5.99. The molecule has 0 spiro atoms. The Kier molecular flexibility index (Phi) is 4.32. The van der Waals surface area contributed by atoms with Gasteiger partial charge in [-0.3, -0.25) is 4.68 Å². The number of hydrogen-bond acceptors (Lipinski definition) is 3. The fourth-order valence-electron chi connectivity index (χ4n) is 1.95. The van der Waals surface area contributed by atoms with E-state index < -0.39 is 5.54 Å². The lowest BCUT2D eigenvalue weighted by Gasteiger charge is -2.13. The first kappa shape index (κ1) is 13.7. The fourth-order valence-corrected chi connectivity index (χ4v) is 1.95. The maximum Gasteiger partial charge on any atom is 0.102 e. The molecule has 0 saturated heterocycles. The summed E-state index contributed by atoms with van der Waals surface area (Å²) >= 11 is 0. The van der Waals surface area contributed by atoms with Crippen LogP contribution in [0, 0.1) is 0 Å². The number of nitrogens with two attached hydrogens (primary N) is 1. The molecule has 0 atom stereocenters. The molecule has 0 fully saturated rings. The molecule has 1 heterocycles. The summed E-state index contributed by atoms with van der Waals surface area (Å²) in [6.07, 6.45) is 5.32. The van der Waals surface area contributed by atoms with Gasteiger partial charge in [-0.15, -0.1) is 5.10 Å². The van der Waals surface area contributed by atoms with Crippen LogP contribution in [0.1, 0.15) is 37.9 Å². The van der Waals surface area contributed by atoms with Crippen molar-refractivity contribution >= 4 is 0 Å². The van der Waals surface area contributed by atoms with Crippen LogP contribution < -0.4 is 5.73 Å². The van der Waals surface area contributed by atoms with Crippen LogP contribution in [0.25, 0.3) is 0 Å². The summed E-state index contributed by atoms with van der Waals surface area (Å²) < 4.78 is 1.88. The number of benzene rings is 1. The molecule has 0 saturated carbocycles. The molecule has 0 aliphatic heterocycles. The molecule has 0 aliphatic rings. The zero-order valence-corrected chi connectivity index (χ0v) is 11.7. The Bertz CT molecular complexity index is 496. The molecule has 0 bridgehead atoms. The van der Waals surface area contributed by atoms with E-state index in [4.69, 9.17) is 5.73 Å². The molecule has 1 aromatic heterocycles. The van der Waals surface area contributed by atoms with Gasteiger partial charge in [0.15, 0.2) is 0 Å². The Morgan fingerprint density at radius 2 is 1.89 bits per heavy atom. The van der Waals surface area contributed by atoms with Gasteiger partial charge in [0.2, 0.25) is 0 Å². The van der Waals surface area contributed by atoms with Crippen LogP contribution in [-0.2, 0) is 18.5 Å². The highest BCUT2D eigenvalue weighted by atomic mass is 15.4. The number of rotatable bonds is 6. The van der Waals surface area contributed by atoms with Crippen LogP contribution in [0.3, 0.4) is 0 Å². The first-order valence-corrected chi connectivity index (χ1v) is 6.79. The normalized spacial score (nSPS) is 11.7. The van der Waals surface area contributed by atoms with Crippen molar-refractivity contribution in [1.82, 2.24) is 15.0 Å². The Balaban J connectivity index is 1.76. The number of nitrogens with zero attached hydrogens (tertiary/aromatic N) is 3. The van der Waals surface area contributed by atoms with Gasteiger partial charge in [-0.2, -0.15) is 0 Å². The van der Waals surface area contributed by atoms with E-state index in [-0.39, 0.29) is 0 Å². The van der Waals surface area contributed by atoms with Gasteiger partial charge in [0.05, 0.1) is 11.7 Å². The highest BCUT2D eigenvalue weighted by Gasteiger charge is 2.17. The summed E-state index contributed by atoms with van der Waals surface area (Å²) in [7, 11) is 0. The van der Waals surface area contributed by atoms with Crippen LogP contribution in [0.15, 0.2) is 36.5 Å². The average Bonchev–Trinajstić information content (AvgIpc) is 2.85. The number of aromatic nitrogens is 3. The molecule has 19 heavy (non-hydrogen) atoms. The van der Waals surface area contributed by atoms with E-state index in [1.165, 1.54) is 5.56 Å². The van der Waals surface area contributed by atoms with Crippen LogP contribution in [0.2, 0.25) is 0 Å². The van der Waals surface area contributed by atoms with Crippen LogP contribution in [0.5, 0.6) is 0 Å². The highest BCUT2D eigenvalue weighted by Crippen LogP contribution is 2.13. The van der Waals surface area contributed by atoms with Crippen molar-refractivity contribution in [3.05, 3.63) is 47.8 Å². The molecule has 0 amide bonds. The SMILES string of the molecule is CC(C)(N)c1cn(CCCCc2ccccc2)nn1. The van der Waals surface area contributed by atoms with Gasteiger partial charge in [-0.25, -0.2) is 0 Å². The second kappa shape index (κ2) is 5.97. The van der Waals surface area contributed by atoms with Crippen molar-refractivity contribution in [2.75, 3.05) is 0 Å². The van der Waals surface area contributed by atoms with E-state index in [1.54, 1.807) is 0 Å². The third kappa shape index (κ3) is 4.17. The molecule has 0 unspecified atom stereocenters. The Hall–Kier alpha value is -1.68. The second-order valence-corrected chi connectivity index (χ2v) is 5.53. The quantitative estimate of drug-likeness (QED) is 0.810. The van der Waals surface area contributed by atoms with Gasteiger partial charge in [0, 0.05) is 6.54 Å². The predicted molar refractivity (Wildman–Crippen MR) is 76.6 cm³/mol. The lowest BCUT2D eigenvalue weighted by molar-refractivity contribution is 0.532. The Morgan fingerprint density at radius 1 is 1.16 bits per heavy atom. The third-order valence-electron chi connectivity index (χ3n) is 3.14. The average molecular weight is 258 g/mol. The van der Waals surface area contributed by atoms with E-state index >= 15 is 0 Å². The Labute approximate surface area is 114 Å². The molecule has 1 aromatic carbocycles. The van der Waals surface area contributed by atoms with Crippen molar-refractivity contribution in [3.8, 4) is 0 Å². The summed E-state index contributed by atoms with van der Waals surface area (Å²) in [5, 5.41) is 8.23. The van der Waals surface area contributed by atoms with Crippen molar-refractivity contribution in [2.45, 2.75) is 45.2 Å². The summed E-state index contributed by atoms with van der Waals surface area (Å²) in [5.74, 6) is 0. The molecule has 0 aliphatic carbocycles. The third-order valence-corrected chi connectivity index (χ3v) is 3.14. The highest BCUT2D eigenvalue weighted by molar-refractivity contribution is 5.14. The molecule has 0 radical (unpaired) electrons. The Morgan fingerprint density at radius 3 is 2.53 bits per heavy atom. The zero-order valence-electron chi connectivity index (χ0n) is 11.7. The molecule has 4 heteroatoms. The summed E-state index contributed by atoms with van der Waals surface area (Å²) in [4.78, 5) is 0. The molecule has 2 N–H and O–H groups in total. The minimum absolute atomic E-state index is 0.414. The van der Waals surface area contributed by atoms with E-state index in [2.05, 4.69) is 40.6 Å². The fraction of sp³-hybridized carbons (Fsp3) is 0.467. The smallest absolute Gasteiger partial charge is 0.102 e. The molecule has 4 nitrogen and oxygen atoms in total. The lowest BCUT2D eigenvalue weighted by Crippen LogP contribution is -2.29. The first-order valence-electron chi connectivity index (χ1n) is 6.79. The predicted octanol–water partition coefficient (Wildman–Crippen LogP) is 2.49. The topological polar surface area (TPSA) is 56.7 Å². The summed E-state index contributed by atoms with van der Waals surface area (Å²) in [6.45, 7) is 4.78. The van der Waals surface area contributed by atoms with E-state index in [0.717, 1.165) is 31.5 Å². The standard InChI is InChI=1S/C15H22N4/c1-15(2,16)14-12-19(18-17-14)11-7-6-10-13-8-4-3-5-9-13/h3-5,8-9,12H,6-7,10-11,16H2,1-2H3. The van der Waals surface area contributed by atoms with E-state index in [0.29, 0.717) is 0 Å². The monoisotopic (exact) mass is 258 g/mol. The zero-order chi connectivity index (χ0) is 13.7. The number of aryl methyl sites for hydroxylation is 2. The van der Waals surface area contributed by atoms with E-state index in [1.807, 2.05) is 24.7 Å². The van der Waals surface area contributed by atoms with Crippen molar-refractivity contribution in [3.63, 3.8) is 0 Å². The molecule has 2 aromatic rings. The van der Waals surface area contributed by atoms with Gasteiger partial charge in [-0.05, 0) is 38.7 Å². The van der Waals surface area contributed by atoms with Gasteiger partial charge in [0.1, 0.15) is 5.69 Å². The molecular weight excluding hydrogens is 236 g/mol. The minimum atomic E-state index is -0.414. The lowest BCUT2D eigenvalue weighted by atomic mass is 10.0. The van der Waals surface area contributed by atoms with Gasteiger partial charge < -0.3 is 5.73 Å². The summed E-state index contributed by atoms with van der Waals surface area (Å²) in [5.41, 5.74) is 7.81. The molecular formula is C15H22N4. The first-order chi connectivity index (χ1) is 9.05.